The van der Waals surface area contributed by atoms with Gasteiger partial charge in [-0.25, -0.2) is 4.79 Å². The molecule has 1 N–H and O–H groups in total. The minimum atomic E-state index is -0.380. The molecular formula is C16H22O3. The van der Waals surface area contributed by atoms with E-state index in [1.807, 2.05) is 6.92 Å². The molecule has 0 saturated heterocycles. The number of hydrogen-bond donors (Lipinski definition) is 1. The van der Waals surface area contributed by atoms with Crippen molar-refractivity contribution in [2.45, 2.75) is 59.5 Å². The average Bonchev–Trinajstić information content (AvgIpc) is 2.78. The van der Waals surface area contributed by atoms with Crippen LogP contribution >= 0.6 is 0 Å². The van der Waals surface area contributed by atoms with Crippen LogP contribution in [0.5, 0.6) is 5.75 Å². The second kappa shape index (κ2) is 5.64. The van der Waals surface area contributed by atoms with Crippen LogP contribution in [0.2, 0.25) is 0 Å². The van der Waals surface area contributed by atoms with Gasteiger partial charge in [-0.2, -0.15) is 0 Å². The van der Waals surface area contributed by atoms with Crippen molar-refractivity contribution >= 4 is 5.97 Å². The number of carbonyl (C=O) groups excluding carboxylic acids is 1. The third-order valence-corrected chi connectivity index (χ3v) is 4.03. The Balaban J connectivity index is 2.49. The summed E-state index contributed by atoms with van der Waals surface area (Å²) in [4.78, 5) is 11.7. The predicted molar refractivity (Wildman–Crippen MR) is 74.6 cm³/mol. The highest BCUT2D eigenvalue weighted by molar-refractivity contribution is 5.97. The van der Waals surface area contributed by atoms with E-state index >= 15 is 0 Å². The van der Waals surface area contributed by atoms with Gasteiger partial charge in [-0.05, 0) is 42.9 Å². The zero-order chi connectivity index (χ0) is 14.0. The van der Waals surface area contributed by atoms with Gasteiger partial charge < -0.3 is 9.84 Å². The number of cyclic esters (lactones) is 1. The van der Waals surface area contributed by atoms with Crippen molar-refractivity contribution in [1.82, 2.24) is 0 Å². The summed E-state index contributed by atoms with van der Waals surface area (Å²) >= 11 is 0. The number of esters is 1. The summed E-state index contributed by atoms with van der Waals surface area (Å²) in [6, 6.07) is 0. The van der Waals surface area contributed by atoms with E-state index < -0.39 is 0 Å². The van der Waals surface area contributed by atoms with Crippen LogP contribution in [0.3, 0.4) is 0 Å². The van der Waals surface area contributed by atoms with Crippen LogP contribution in [-0.4, -0.2) is 11.1 Å². The van der Waals surface area contributed by atoms with E-state index in [2.05, 4.69) is 13.8 Å². The number of hydrogen-bond acceptors (Lipinski definition) is 3. The highest BCUT2D eigenvalue weighted by Crippen LogP contribution is 2.38. The summed E-state index contributed by atoms with van der Waals surface area (Å²) in [7, 11) is 0. The molecule has 0 aliphatic carbocycles. The van der Waals surface area contributed by atoms with Crippen LogP contribution in [0.1, 0.15) is 65.7 Å². The Bertz CT molecular complexity index is 503. The maximum absolute atomic E-state index is 11.7. The van der Waals surface area contributed by atoms with E-state index in [-0.39, 0.29) is 11.7 Å². The van der Waals surface area contributed by atoms with Gasteiger partial charge in [0.1, 0.15) is 17.9 Å². The molecule has 0 radical (unpaired) electrons. The molecule has 0 fully saturated rings. The normalized spacial score (nSPS) is 13.5. The predicted octanol–water partition coefficient (Wildman–Crippen LogP) is 3.67. The van der Waals surface area contributed by atoms with Crippen LogP contribution in [0.25, 0.3) is 0 Å². The smallest absolute Gasteiger partial charge is 0.342 e. The summed E-state index contributed by atoms with van der Waals surface area (Å²) in [5, 5.41) is 10.4. The molecule has 3 nitrogen and oxygen atoms in total. The minimum Gasteiger partial charge on any atom is -0.507 e. The van der Waals surface area contributed by atoms with Crippen molar-refractivity contribution in [1.29, 1.82) is 0 Å². The van der Waals surface area contributed by atoms with Crippen LogP contribution in [0.4, 0.5) is 0 Å². The maximum Gasteiger partial charge on any atom is 0.342 e. The standard InChI is InChI=1S/C16H22O3/c1-4-6-7-8-12-11(5-2)10(3)13-9-19-16(18)14(13)15(12)17/h17H,4-9H2,1-3H3. The zero-order valence-electron chi connectivity index (χ0n) is 12.0. The van der Waals surface area contributed by atoms with Crippen molar-refractivity contribution in [2.24, 2.45) is 0 Å². The van der Waals surface area contributed by atoms with E-state index in [9.17, 15) is 9.90 Å². The fourth-order valence-corrected chi connectivity index (χ4v) is 2.94. The molecule has 0 atom stereocenters. The lowest BCUT2D eigenvalue weighted by Crippen LogP contribution is -2.05. The summed E-state index contributed by atoms with van der Waals surface area (Å²) < 4.78 is 5.07. The molecule has 2 rings (SSSR count). The van der Waals surface area contributed by atoms with Gasteiger partial charge in [0.05, 0.1) is 0 Å². The largest absolute Gasteiger partial charge is 0.507 e. The van der Waals surface area contributed by atoms with Gasteiger partial charge in [-0.15, -0.1) is 0 Å². The molecule has 1 aliphatic heterocycles. The number of carbonyl (C=O) groups is 1. The Morgan fingerprint density at radius 2 is 1.95 bits per heavy atom. The molecule has 3 heteroatoms. The summed E-state index contributed by atoms with van der Waals surface area (Å²) in [5.41, 5.74) is 4.53. The van der Waals surface area contributed by atoms with Crippen molar-refractivity contribution in [2.75, 3.05) is 0 Å². The first-order valence-corrected chi connectivity index (χ1v) is 7.15. The number of fused-ring (bicyclic) bond motifs is 1. The zero-order valence-corrected chi connectivity index (χ0v) is 12.0. The molecule has 19 heavy (non-hydrogen) atoms. The molecular weight excluding hydrogens is 240 g/mol. The Morgan fingerprint density at radius 3 is 2.58 bits per heavy atom. The molecule has 0 bridgehead atoms. The Labute approximate surface area is 114 Å². The van der Waals surface area contributed by atoms with Crippen molar-refractivity contribution < 1.29 is 14.6 Å². The van der Waals surface area contributed by atoms with E-state index in [1.54, 1.807) is 0 Å². The van der Waals surface area contributed by atoms with Crippen LogP contribution in [0.15, 0.2) is 0 Å². The first-order chi connectivity index (χ1) is 9.11. The molecule has 1 aromatic rings. The number of benzene rings is 1. The highest BCUT2D eigenvalue weighted by Gasteiger charge is 2.30. The molecule has 0 aromatic heterocycles. The molecule has 0 spiro atoms. The van der Waals surface area contributed by atoms with Crippen LogP contribution in [-0.2, 0) is 24.2 Å². The molecule has 1 heterocycles. The summed E-state index contributed by atoms with van der Waals surface area (Å²) in [6.45, 7) is 6.58. The molecule has 104 valence electrons. The van der Waals surface area contributed by atoms with Crippen LogP contribution in [0, 0.1) is 6.92 Å². The van der Waals surface area contributed by atoms with E-state index in [0.29, 0.717) is 12.2 Å². The lowest BCUT2D eigenvalue weighted by Gasteiger charge is -2.16. The average molecular weight is 262 g/mol. The highest BCUT2D eigenvalue weighted by atomic mass is 16.5. The fraction of sp³-hybridized carbons (Fsp3) is 0.562. The molecule has 0 saturated carbocycles. The van der Waals surface area contributed by atoms with Crippen LogP contribution < -0.4 is 0 Å². The molecule has 0 amide bonds. The quantitative estimate of drug-likeness (QED) is 0.650. The van der Waals surface area contributed by atoms with Gasteiger partial charge in [-0.3, -0.25) is 0 Å². The van der Waals surface area contributed by atoms with E-state index in [1.165, 1.54) is 5.56 Å². The Kier molecular flexibility index (Phi) is 4.13. The third-order valence-electron chi connectivity index (χ3n) is 4.03. The monoisotopic (exact) mass is 262 g/mol. The van der Waals surface area contributed by atoms with E-state index in [4.69, 9.17) is 4.74 Å². The lowest BCUT2D eigenvalue weighted by atomic mass is 9.88. The first kappa shape index (κ1) is 13.9. The van der Waals surface area contributed by atoms with Gasteiger partial charge >= 0.3 is 5.97 Å². The SMILES string of the molecule is CCCCCc1c(O)c2c(c(C)c1CC)COC2=O. The molecule has 0 unspecified atom stereocenters. The first-order valence-electron chi connectivity index (χ1n) is 7.15. The van der Waals surface area contributed by atoms with Gasteiger partial charge in [0.25, 0.3) is 0 Å². The number of rotatable bonds is 5. The second-order valence-electron chi connectivity index (χ2n) is 5.17. The Morgan fingerprint density at radius 1 is 1.21 bits per heavy atom. The van der Waals surface area contributed by atoms with Crippen molar-refractivity contribution in [3.05, 3.63) is 27.8 Å². The van der Waals surface area contributed by atoms with Gasteiger partial charge in [0.15, 0.2) is 0 Å². The topological polar surface area (TPSA) is 46.5 Å². The van der Waals surface area contributed by atoms with E-state index in [0.717, 1.165) is 48.8 Å². The maximum atomic E-state index is 11.7. The second-order valence-corrected chi connectivity index (χ2v) is 5.17. The van der Waals surface area contributed by atoms with Gasteiger partial charge in [0.2, 0.25) is 0 Å². The number of aromatic hydroxyl groups is 1. The third kappa shape index (κ3) is 2.34. The minimum absolute atomic E-state index is 0.163. The molecule has 1 aliphatic rings. The number of ether oxygens (including phenoxy) is 1. The lowest BCUT2D eigenvalue weighted by molar-refractivity contribution is 0.0533. The van der Waals surface area contributed by atoms with Gasteiger partial charge in [0, 0.05) is 5.56 Å². The summed E-state index contributed by atoms with van der Waals surface area (Å²) in [6.07, 6.45) is 5.05. The van der Waals surface area contributed by atoms with Gasteiger partial charge in [-0.1, -0.05) is 26.7 Å². The summed E-state index contributed by atoms with van der Waals surface area (Å²) in [5.74, 6) is -0.217. The molecule has 1 aromatic carbocycles. The fourth-order valence-electron chi connectivity index (χ4n) is 2.94. The number of unbranched alkanes of at least 4 members (excludes halogenated alkanes) is 2. The number of phenolic OH excluding ortho intramolecular Hbond substituents is 1. The van der Waals surface area contributed by atoms with Crippen molar-refractivity contribution in [3.8, 4) is 5.75 Å². The van der Waals surface area contributed by atoms with Crippen molar-refractivity contribution in [3.63, 3.8) is 0 Å². The number of phenols is 1. The Hall–Kier alpha value is -1.51.